The van der Waals surface area contributed by atoms with Crippen LogP contribution in [0.15, 0.2) is 24.3 Å². The van der Waals surface area contributed by atoms with Crippen LogP contribution < -0.4 is 5.32 Å². The summed E-state index contributed by atoms with van der Waals surface area (Å²) in [5.41, 5.74) is 6.32. The summed E-state index contributed by atoms with van der Waals surface area (Å²) in [5, 5.41) is 3.45. The highest BCUT2D eigenvalue weighted by molar-refractivity contribution is 5.44. The lowest BCUT2D eigenvalue weighted by molar-refractivity contribution is 0.633. The monoisotopic (exact) mass is 281 g/mol. The maximum absolute atomic E-state index is 4.78. The molecule has 110 valence electrons. The molecule has 0 bridgehead atoms. The summed E-state index contributed by atoms with van der Waals surface area (Å²) in [6, 6.07) is 8.62. The molecule has 1 heterocycles. The molecule has 3 rings (SSSR count). The number of rotatable bonds is 5. The van der Waals surface area contributed by atoms with E-state index < -0.39 is 0 Å². The van der Waals surface area contributed by atoms with Gasteiger partial charge in [0.15, 0.2) is 0 Å². The van der Waals surface area contributed by atoms with Crippen molar-refractivity contribution in [2.45, 2.75) is 46.1 Å². The SMILES string of the molecule is CCCNCc1c(C)nc(C2Cc3ccccc32)nc1C. The average Bonchev–Trinajstić information content (AvgIpc) is 2.43. The topological polar surface area (TPSA) is 37.8 Å². The first-order valence-corrected chi connectivity index (χ1v) is 7.83. The van der Waals surface area contributed by atoms with E-state index in [9.17, 15) is 0 Å². The molecule has 0 aliphatic heterocycles. The van der Waals surface area contributed by atoms with Crippen LogP contribution in [0.25, 0.3) is 0 Å². The molecular weight excluding hydrogens is 258 g/mol. The normalized spacial score (nSPS) is 16.4. The molecule has 3 heteroatoms. The Labute approximate surface area is 126 Å². The number of nitrogens with one attached hydrogen (secondary N) is 1. The van der Waals surface area contributed by atoms with Crippen molar-refractivity contribution in [2.75, 3.05) is 6.54 Å². The van der Waals surface area contributed by atoms with Crippen LogP contribution >= 0.6 is 0 Å². The number of hydrogen-bond donors (Lipinski definition) is 1. The van der Waals surface area contributed by atoms with Gasteiger partial charge in [-0.15, -0.1) is 0 Å². The second-order valence-electron chi connectivity index (χ2n) is 5.86. The van der Waals surface area contributed by atoms with Gasteiger partial charge in [-0.1, -0.05) is 31.2 Å². The van der Waals surface area contributed by atoms with E-state index in [-0.39, 0.29) is 0 Å². The third kappa shape index (κ3) is 2.70. The molecule has 1 aromatic carbocycles. The van der Waals surface area contributed by atoms with Gasteiger partial charge >= 0.3 is 0 Å². The highest BCUT2D eigenvalue weighted by Gasteiger charge is 2.29. The minimum atomic E-state index is 0.385. The highest BCUT2D eigenvalue weighted by atomic mass is 14.9. The second kappa shape index (κ2) is 5.94. The first-order valence-electron chi connectivity index (χ1n) is 7.83. The fraction of sp³-hybridized carbons (Fsp3) is 0.444. The van der Waals surface area contributed by atoms with Gasteiger partial charge in [0.1, 0.15) is 5.82 Å². The van der Waals surface area contributed by atoms with Crippen LogP contribution in [0.4, 0.5) is 0 Å². The lowest BCUT2D eigenvalue weighted by Crippen LogP contribution is -2.23. The lowest BCUT2D eigenvalue weighted by atomic mass is 9.77. The second-order valence-corrected chi connectivity index (χ2v) is 5.86. The molecule has 0 amide bonds. The molecule has 0 fully saturated rings. The number of fused-ring (bicyclic) bond motifs is 1. The predicted octanol–water partition coefficient (Wildman–Crippen LogP) is 3.28. The first-order chi connectivity index (χ1) is 10.2. The van der Waals surface area contributed by atoms with Gasteiger partial charge in [-0.3, -0.25) is 0 Å². The van der Waals surface area contributed by atoms with Crippen LogP contribution in [0.3, 0.4) is 0 Å². The zero-order chi connectivity index (χ0) is 14.8. The van der Waals surface area contributed by atoms with Gasteiger partial charge in [0.05, 0.1) is 0 Å². The van der Waals surface area contributed by atoms with Crippen LogP contribution in [0.2, 0.25) is 0 Å². The molecule has 1 aromatic heterocycles. The van der Waals surface area contributed by atoms with Crippen LogP contribution in [0.5, 0.6) is 0 Å². The molecule has 1 aliphatic carbocycles. The van der Waals surface area contributed by atoms with E-state index in [4.69, 9.17) is 9.97 Å². The molecule has 1 N–H and O–H groups in total. The molecule has 1 atom stereocenters. The Morgan fingerprint density at radius 2 is 1.86 bits per heavy atom. The zero-order valence-corrected chi connectivity index (χ0v) is 13.1. The summed E-state index contributed by atoms with van der Waals surface area (Å²) in [4.78, 5) is 9.56. The van der Waals surface area contributed by atoms with Crippen molar-refractivity contribution < 1.29 is 0 Å². The smallest absolute Gasteiger partial charge is 0.136 e. The molecule has 0 saturated heterocycles. The van der Waals surface area contributed by atoms with E-state index in [1.54, 1.807) is 0 Å². The lowest BCUT2D eigenvalue weighted by Gasteiger charge is -2.29. The Kier molecular flexibility index (Phi) is 4.02. The third-order valence-electron chi connectivity index (χ3n) is 4.33. The Morgan fingerprint density at radius 1 is 1.14 bits per heavy atom. The van der Waals surface area contributed by atoms with Gasteiger partial charge in [-0.05, 0) is 44.4 Å². The number of benzene rings is 1. The highest BCUT2D eigenvalue weighted by Crippen LogP contribution is 2.38. The van der Waals surface area contributed by atoms with Crippen molar-refractivity contribution >= 4 is 0 Å². The van der Waals surface area contributed by atoms with Crippen molar-refractivity contribution in [3.8, 4) is 0 Å². The van der Waals surface area contributed by atoms with E-state index in [0.29, 0.717) is 5.92 Å². The zero-order valence-electron chi connectivity index (χ0n) is 13.1. The number of nitrogens with zero attached hydrogens (tertiary/aromatic N) is 2. The molecule has 1 unspecified atom stereocenters. The van der Waals surface area contributed by atoms with E-state index in [1.807, 2.05) is 0 Å². The van der Waals surface area contributed by atoms with Gasteiger partial charge < -0.3 is 5.32 Å². The van der Waals surface area contributed by atoms with Crippen LogP contribution in [0, 0.1) is 13.8 Å². The van der Waals surface area contributed by atoms with Crippen LogP contribution in [-0.2, 0) is 13.0 Å². The maximum Gasteiger partial charge on any atom is 0.136 e. The maximum atomic E-state index is 4.78. The molecule has 0 spiro atoms. The number of hydrogen-bond acceptors (Lipinski definition) is 3. The quantitative estimate of drug-likeness (QED) is 0.855. The van der Waals surface area contributed by atoms with Crippen LogP contribution in [-0.4, -0.2) is 16.5 Å². The van der Waals surface area contributed by atoms with E-state index in [1.165, 1.54) is 16.7 Å². The molecular formula is C18H23N3. The Hall–Kier alpha value is -1.74. The molecule has 0 radical (unpaired) electrons. The molecule has 0 saturated carbocycles. The summed E-state index contributed by atoms with van der Waals surface area (Å²) < 4.78 is 0. The van der Waals surface area contributed by atoms with Gasteiger partial charge in [-0.25, -0.2) is 9.97 Å². The van der Waals surface area contributed by atoms with Crippen molar-refractivity contribution in [2.24, 2.45) is 0 Å². The summed E-state index contributed by atoms with van der Waals surface area (Å²) in [6.45, 7) is 8.29. The van der Waals surface area contributed by atoms with Gasteiger partial charge in [0, 0.05) is 29.4 Å². The van der Waals surface area contributed by atoms with E-state index >= 15 is 0 Å². The largest absolute Gasteiger partial charge is 0.313 e. The fourth-order valence-electron chi connectivity index (χ4n) is 3.06. The molecule has 3 nitrogen and oxygen atoms in total. The fourth-order valence-corrected chi connectivity index (χ4v) is 3.06. The molecule has 1 aliphatic rings. The van der Waals surface area contributed by atoms with Crippen molar-refractivity contribution in [3.05, 3.63) is 58.2 Å². The summed E-state index contributed by atoms with van der Waals surface area (Å²) in [5.74, 6) is 1.37. The first kappa shape index (κ1) is 14.2. The number of aryl methyl sites for hydroxylation is 2. The van der Waals surface area contributed by atoms with Crippen molar-refractivity contribution in [1.82, 2.24) is 15.3 Å². The predicted molar refractivity (Wildman–Crippen MR) is 85.5 cm³/mol. The standard InChI is InChI=1S/C18H23N3/c1-4-9-19-11-17-12(2)20-18(21-13(17)3)16-10-14-7-5-6-8-15(14)16/h5-8,16,19H,4,9-11H2,1-3H3. The molecule has 2 aromatic rings. The summed E-state index contributed by atoms with van der Waals surface area (Å²) in [6.07, 6.45) is 2.22. The van der Waals surface area contributed by atoms with Crippen LogP contribution in [0.1, 0.15) is 53.2 Å². The third-order valence-corrected chi connectivity index (χ3v) is 4.33. The van der Waals surface area contributed by atoms with Crippen molar-refractivity contribution in [3.63, 3.8) is 0 Å². The van der Waals surface area contributed by atoms with Crippen molar-refractivity contribution in [1.29, 1.82) is 0 Å². The Morgan fingerprint density at radius 3 is 2.52 bits per heavy atom. The van der Waals surface area contributed by atoms with Gasteiger partial charge in [0.2, 0.25) is 0 Å². The Bertz CT molecular complexity index is 626. The minimum Gasteiger partial charge on any atom is -0.313 e. The minimum absolute atomic E-state index is 0.385. The number of aromatic nitrogens is 2. The summed E-state index contributed by atoms with van der Waals surface area (Å²) in [7, 11) is 0. The van der Waals surface area contributed by atoms with Gasteiger partial charge in [-0.2, -0.15) is 0 Å². The Balaban J connectivity index is 1.83. The van der Waals surface area contributed by atoms with E-state index in [0.717, 1.165) is 43.1 Å². The van der Waals surface area contributed by atoms with E-state index in [2.05, 4.69) is 50.4 Å². The average molecular weight is 281 g/mol. The van der Waals surface area contributed by atoms with Gasteiger partial charge in [0.25, 0.3) is 0 Å². The summed E-state index contributed by atoms with van der Waals surface area (Å²) >= 11 is 0. The molecule has 21 heavy (non-hydrogen) atoms.